The number of fused-ring (bicyclic) bond motifs is 2. The molecule has 0 radical (unpaired) electrons. The van der Waals surface area contributed by atoms with Gasteiger partial charge in [-0.05, 0) is 50.5 Å². The Kier molecular flexibility index (Phi) is 2.72. The van der Waals surface area contributed by atoms with Crippen molar-refractivity contribution in [2.75, 3.05) is 20.1 Å². The van der Waals surface area contributed by atoms with Crippen LogP contribution in [0, 0.1) is 11.3 Å². The fraction of sp³-hybridized carbons (Fsp3) is 0.438. The van der Waals surface area contributed by atoms with Crippen molar-refractivity contribution in [3.8, 4) is 6.07 Å². The molecule has 0 bridgehead atoms. The Morgan fingerprint density at radius 3 is 2.67 bits per heavy atom. The van der Waals surface area contributed by atoms with Gasteiger partial charge in [0.15, 0.2) is 0 Å². The first-order chi connectivity index (χ1) is 8.75. The van der Waals surface area contributed by atoms with Gasteiger partial charge >= 0.3 is 0 Å². The Bertz CT molecular complexity index is 528. The van der Waals surface area contributed by atoms with E-state index in [0.29, 0.717) is 0 Å². The molecule has 1 saturated heterocycles. The van der Waals surface area contributed by atoms with Crippen LogP contribution in [-0.4, -0.2) is 25.0 Å². The molecule has 0 saturated carbocycles. The number of hydrogen-bond donors (Lipinski definition) is 0. The highest BCUT2D eigenvalue weighted by Crippen LogP contribution is 2.45. The van der Waals surface area contributed by atoms with Crippen molar-refractivity contribution in [1.29, 1.82) is 5.26 Å². The van der Waals surface area contributed by atoms with Gasteiger partial charge in [-0.2, -0.15) is 5.26 Å². The first-order valence-electron chi connectivity index (χ1n) is 6.64. The standard InChI is InChI=1S/C16H18N2/c1-18-10-8-16(9-11-18)7-6-13(12-17)14-4-2-3-5-15(14)16/h2-6H,7-11H2,1H3. The van der Waals surface area contributed by atoms with Gasteiger partial charge in [-0.15, -0.1) is 0 Å². The number of nitrogens with zero attached hydrogens (tertiary/aromatic N) is 2. The van der Waals surface area contributed by atoms with Gasteiger partial charge in [-0.25, -0.2) is 0 Å². The summed E-state index contributed by atoms with van der Waals surface area (Å²) >= 11 is 0. The number of rotatable bonds is 0. The monoisotopic (exact) mass is 238 g/mol. The molecule has 0 atom stereocenters. The number of hydrogen-bond acceptors (Lipinski definition) is 2. The van der Waals surface area contributed by atoms with Crippen LogP contribution < -0.4 is 0 Å². The fourth-order valence-corrected chi connectivity index (χ4v) is 3.32. The zero-order chi connectivity index (χ0) is 12.6. The third-order valence-corrected chi connectivity index (χ3v) is 4.55. The molecule has 1 aliphatic heterocycles. The van der Waals surface area contributed by atoms with E-state index in [-0.39, 0.29) is 5.41 Å². The van der Waals surface area contributed by atoms with Gasteiger partial charge in [0.1, 0.15) is 0 Å². The summed E-state index contributed by atoms with van der Waals surface area (Å²) in [6, 6.07) is 10.8. The van der Waals surface area contributed by atoms with Crippen LogP contribution in [0.2, 0.25) is 0 Å². The summed E-state index contributed by atoms with van der Waals surface area (Å²) in [6.45, 7) is 2.31. The molecular weight excluding hydrogens is 220 g/mol. The second-order valence-corrected chi connectivity index (χ2v) is 5.56. The zero-order valence-corrected chi connectivity index (χ0v) is 10.8. The lowest BCUT2D eigenvalue weighted by Crippen LogP contribution is -2.42. The van der Waals surface area contributed by atoms with Crippen LogP contribution in [0.25, 0.3) is 5.57 Å². The maximum Gasteiger partial charge on any atom is 0.0994 e. The fourth-order valence-electron chi connectivity index (χ4n) is 3.32. The highest BCUT2D eigenvalue weighted by molar-refractivity contribution is 5.81. The maximum absolute atomic E-state index is 9.24. The quantitative estimate of drug-likeness (QED) is 0.695. The molecule has 2 aliphatic rings. The number of allylic oxidation sites excluding steroid dienone is 2. The van der Waals surface area contributed by atoms with Crippen LogP contribution in [0.3, 0.4) is 0 Å². The zero-order valence-electron chi connectivity index (χ0n) is 10.8. The first-order valence-corrected chi connectivity index (χ1v) is 6.64. The highest BCUT2D eigenvalue weighted by atomic mass is 15.1. The van der Waals surface area contributed by atoms with Crippen molar-refractivity contribution in [3.63, 3.8) is 0 Å². The molecule has 1 fully saturated rings. The first kappa shape index (κ1) is 11.5. The Balaban J connectivity index is 2.06. The Hall–Kier alpha value is -1.59. The van der Waals surface area contributed by atoms with Crippen molar-refractivity contribution in [2.45, 2.75) is 24.7 Å². The van der Waals surface area contributed by atoms with E-state index in [9.17, 15) is 5.26 Å². The normalized spacial score (nSPS) is 22.1. The summed E-state index contributed by atoms with van der Waals surface area (Å²) in [5.74, 6) is 0. The minimum absolute atomic E-state index is 0.281. The minimum atomic E-state index is 0.281. The average Bonchev–Trinajstić information content (AvgIpc) is 2.43. The lowest BCUT2D eigenvalue weighted by Gasteiger charge is -2.43. The predicted octanol–water partition coefficient (Wildman–Crippen LogP) is 2.96. The Morgan fingerprint density at radius 1 is 1.22 bits per heavy atom. The van der Waals surface area contributed by atoms with E-state index >= 15 is 0 Å². The van der Waals surface area contributed by atoms with Crippen molar-refractivity contribution >= 4 is 5.57 Å². The molecule has 0 unspecified atom stereocenters. The molecule has 0 amide bonds. The number of benzene rings is 1. The summed E-state index contributed by atoms with van der Waals surface area (Å²) in [5.41, 5.74) is 3.70. The average molecular weight is 238 g/mol. The van der Waals surface area contributed by atoms with Gasteiger partial charge < -0.3 is 4.90 Å². The summed E-state index contributed by atoms with van der Waals surface area (Å²) < 4.78 is 0. The topological polar surface area (TPSA) is 27.0 Å². The van der Waals surface area contributed by atoms with Gasteiger partial charge in [0.05, 0.1) is 11.6 Å². The molecule has 0 aromatic heterocycles. The molecule has 1 spiro atoms. The lowest BCUT2D eigenvalue weighted by molar-refractivity contribution is 0.187. The van der Waals surface area contributed by atoms with Crippen LogP contribution in [0.15, 0.2) is 30.3 Å². The van der Waals surface area contributed by atoms with Crippen molar-refractivity contribution in [1.82, 2.24) is 4.90 Å². The summed E-state index contributed by atoms with van der Waals surface area (Å²) in [4.78, 5) is 2.40. The Labute approximate surface area is 109 Å². The SMILES string of the molecule is CN1CCC2(CC=C(C#N)c3ccccc32)CC1. The molecule has 1 aromatic rings. The molecule has 1 aromatic carbocycles. The van der Waals surface area contributed by atoms with Gasteiger partial charge in [0.25, 0.3) is 0 Å². The van der Waals surface area contributed by atoms with Crippen molar-refractivity contribution in [3.05, 3.63) is 41.5 Å². The summed E-state index contributed by atoms with van der Waals surface area (Å²) in [5, 5.41) is 9.24. The van der Waals surface area contributed by atoms with E-state index < -0.39 is 0 Å². The van der Waals surface area contributed by atoms with E-state index in [1.807, 2.05) is 6.07 Å². The smallest absolute Gasteiger partial charge is 0.0994 e. The molecule has 3 rings (SSSR count). The van der Waals surface area contributed by atoms with Gasteiger partial charge in [-0.1, -0.05) is 30.3 Å². The van der Waals surface area contributed by atoms with E-state index in [2.05, 4.69) is 42.3 Å². The molecule has 0 N–H and O–H groups in total. The van der Waals surface area contributed by atoms with Crippen LogP contribution >= 0.6 is 0 Å². The molecule has 18 heavy (non-hydrogen) atoms. The van der Waals surface area contributed by atoms with E-state index in [1.54, 1.807) is 0 Å². The van der Waals surface area contributed by atoms with Crippen LogP contribution in [0.5, 0.6) is 0 Å². The van der Waals surface area contributed by atoms with Gasteiger partial charge in [0, 0.05) is 5.41 Å². The highest BCUT2D eigenvalue weighted by Gasteiger charge is 2.38. The minimum Gasteiger partial charge on any atom is -0.306 e. The number of piperidine rings is 1. The summed E-state index contributed by atoms with van der Waals surface area (Å²) in [7, 11) is 2.19. The maximum atomic E-state index is 9.24. The molecule has 2 heteroatoms. The number of nitriles is 1. The molecule has 2 nitrogen and oxygen atoms in total. The lowest BCUT2D eigenvalue weighted by atomic mass is 9.65. The van der Waals surface area contributed by atoms with Crippen LogP contribution in [0.4, 0.5) is 0 Å². The second kappa shape index (κ2) is 4.26. The van der Waals surface area contributed by atoms with Gasteiger partial charge in [-0.3, -0.25) is 0 Å². The molecule has 1 aliphatic carbocycles. The largest absolute Gasteiger partial charge is 0.306 e. The third-order valence-electron chi connectivity index (χ3n) is 4.55. The van der Waals surface area contributed by atoms with Crippen LogP contribution in [-0.2, 0) is 5.41 Å². The van der Waals surface area contributed by atoms with Gasteiger partial charge in [0.2, 0.25) is 0 Å². The van der Waals surface area contributed by atoms with Crippen molar-refractivity contribution < 1.29 is 0 Å². The third kappa shape index (κ3) is 1.67. The molecule has 1 heterocycles. The molecular formula is C16H18N2. The number of likely N-dealkylation sites (tertiary alicyclic amines) is 1. The predicted molar refractivity (Wildman–Crippen MR) is 73.1 cm³/mol. The summed E-state index contributed by atoms with van der Waals surface area (Å²) in [6.07, 6.45) is 5.58. The van der Waals surface area contributed by atoms with Crippen molar-refractivity contribution in [2.24, 2.45) is 0 Å². The molecule has 92 valence electrons. The van der Waals surface area contributed by atoms with E-state index in [1.165, 1.54) is 18.4 Å². The Morgan fingerprint density at radius 2 is 1.94 bits per heavy atom. The second-order valence-electron chi connectivity index (χ2n) is 5.56. The van der Waals surface area contributed by atoms with E-state index in [0.717, 1.165) is 30.6 Å². The van der Waals surface area contributed by atoms with E-state index in [4.69, 9.17) is 0 Å². The van der Waals surface area contributed by atoms with Crippen LogP contribution in [0.1, 0.15) is 30.4 Å².